The second kappa shape index (κ2) is 8.69. The quantitative estimate of drug-likeness (QED) is 0.431. The zero-order valence-electron chi connectivity index (χ0n) is 18.6. The molecule has 0 aliphatic heterocycles. The number of carbonyl (C=O) groups excluding carboxylic acids is 1. The maximum absolute atomic E-state index is 13.2. The molecule has 1 amide bonds. The van der Waals surface area contributed by atoms with Gasteiger partial charge in [-0.2, -0.15) is 31.4 Å². The van der Waals surface area contributed by atoms with Gasteiger partial charge >= 0.3 is 12.4 Å². The lowest BCUT2D eigenvalue weighted by molar-refractivity contribution is -0.143. The highest BCUT2D eigenvalue weighted by atomic mass is 19.4. The molecule has 5 nitrogen and oxygen atoms in total. The van der Waals surface area contributed by atoms with Crippen molar-refractivity contribution in [1.29, 1.82) is 0 Å². The van der Waals surface area contributed by atoms with Gasteiger partial charge in [0.1, 0.15) is 11.6 Å². The fourth-order valence-electron chi connectivity index (χ4n) is 3.03. The normalized spacial score (nSPS) is 12.5. The first kappa shape index (κ1) is 25.1. The Balaban J connectivity index is 2.06. The number of benzene rings is 2. The van der Waals surface area contributed by atoms with Crippen LogP contribution in [0.1, 0.15) is 48.0 Å². The van der Waals surface area contributed by atoms with E-state index >= 15 is 0 Å². The molecule has 3 rings (SSSR count). The molecule has 0 bridgehead atoms. The van der Waals surface area contributed by atoms with Crippen molar-refractivity contribution in [2.24, 2.45) is 0 Å². The van der Waals surface area contributed by atoms with Crippen LogP contribution in [0.3, 0.4) is 0 Å². The summed E-state index contributed by atoms with van der Waals surface area (Å²) in [5.41, 5.74) is -3.37. The van der Waals surface area contributed by atoms with Crippen molar-refractivity contribution < 1.29 is 35.9 Å². The standard InChI is InChI=1S/C23H21F6N3O2/c1-21(2,3)18-12-19(32(31-18)16-5-7-17(34-4)8-6-16)30-20(33)13-9-14(22(24,25)26)11-15(10-13)23(27,28)29/h5-12H,1-4H3,(H,30,33). The Morgan fingerprint density at radius 1 is 0.882 bits per heavy atom. The van der Waals surface area contributed by atoms with Gasteiger partial charge in [-0.25, -0.2) is 4.68 Å². The van der Waals surface area contributed by atoms with Gasteiger partial charge < -0.3 is 10.1 Å². The predicted molar refractivity (Wildman–Crippen MR) is 113 cm³/mol. The molecule has 0 radical (unpaired) electrons. The molecule has 0 atom stereocenters. The zero-order chi connectivity index (χ0) is 25.5. The molecule has 1 aromatic heterocycles. The van der Waals surface area contributed by atoms with E-state index in [0.29, 0.717) is 29.3 Å². The van der Waals surface area contributed by atoms with Crippen molar-refractivity contribution in [2.45, 2.75) is 38.5 Å². The number of methoxy groups -OCH3 is 1. The minimum absolute atomic E-state index is 0.0317. The molecule has 11 heteroatoms. The highest BCUT2D eigenvalue weighted by Gasteiger charge is 2.37. The molecule has 0 saturated carbocycles. The number of rotatable bonds is 4. The first-order valence-electron chi connectivity index (χ1n) is 9.95. The maximum Gasteiger partial charge on any atom is 0.416 e. The lowest BCUT2D eigenvalue weighted by Gasteiger charge is -2.14. The Labute approximate surface area is 191 Å². The van der Waals surface area contributed by atoms with E-state index in [-0.39, 0.29) is 11.9 Å². The van der Waals surface area contributed by atoms with Gasteiger partial charge in [0.25, 0.3) is 5.91 Å². The third kappa shape index (κ3) is 5.52. The highest BCUT2D eigenvalue weighted by Crippen LogP contribution is 2.36. The first-order chi connectivity index (χ1) is 15.6. The zero-order valence-corrected chi connectivity index (χ0v) is 18.6. The molecular weight excluding hydrogens is 464 g/mol. The number of carbonyl (C=O) groups is 1. The van der Waals surface area contributed by atoms with Gasteiger partial charge in [0.2, 0.25) is 0 Å². The molecular formula is C23H21F6N3O2. The average molecular weight is 485 g/mol. The van der Waals surface area contributed by atoms with Gasteiger partial charge in [0, 0.05) is 17.0 Å². The fraction of sp³-hybridized carbons (Fsp3) is 0.304. The van der Waals surface area contributed by atoms with E-state index in [2.05, 4.69) is 10.4 Å². The molecule has 0 fully saturated rings. The Hall–Kier alpha value is -3.50. The number of alkyl halides is 6. The van der Waals surface area contributed by atoms with E-state index in [9.17, 15) is 31.1 Å². The minimum atomic E-state index is -5.07. The number of halogens is 6. The van der Waals surface area contributed by atoms with Crippen LogP contribution in [0.5, 0.6) is 5.75 Å². The van der Waals surface area contributed by atoms with Crippen LogP contribution < -0.4 is 10.1 Å². The van der Waals surface area contributed by atoms with Gasteiger partial charge in [-0.15, -0.1) is 0 Å². The van der Waals surface area contributed by atoms with E-state index in [1.165, 1.54) is 17.9 Å². The molecule has 0 aliphatic carbocycles. The van der Waals surface area contributed by atoms with Crippen molar-refractivity contribution in [3.63, 3.8) is 0 Å². The van der Waals surface area contributed by atoms with Gasteiger partial charge in [-0.3, -0.25) is 4.79 Å². The summed E-state index contributed by atoms with van der Waals surface area (Å²) in [6, 6.07) is 8.80. The summed E-state index contributed by atoms with van der Waals surface area (Å²) in [5, 5.41) is 6.87. The lowest BCUT2D eigenvalue weighted by atomic mass is 9.92. The molecule has 182 valence electrons. The third-order valence-electron chi connectivity index (χ3n) is 4.89. The van der Waals surface area contributed by atoms with Crippen molar-refractivity contribution >= 4 is 11.7 Å². The molecule has 1 heterocycles. The van der Waals surface area contributed by atoms with Gasteiger partial charge in [0.15, 0.2) is 0 Å². The summed E-state index contributed by atoms with van der Waals surface area (Å²) < 4.78 is 85.6. The number of nitrogens with zero attached hydrogens (tertiary/aromatic N) is 2. The van der Waals surface area contributed by atoms with Gasteiger partial charge in [0.05, 0.1) is 29.6 Å². The predicted octanol–water partition coefficient (Wildman–Crippen LogP) is 6.47. The Kier molecular flexibility index (Phi) is 6.43. The number of amides is 1. The van der Waals surface area contributed by atoms with Gasteiger partial charge in [-0.1, -0.05) is 20.8 Å². The van der Waals surface area contributed by atoms with Crippen LogP contribution in [0, 0.1) is 0 Å². The summed E-state index contributed by atoms with van der Waals surface area (Å²) in [5.74, 6) is -0.515. The molecule has 34 heavy (non-hydrogen) atoms. The molecule has 0 unspecified atom stereocenters. The van der Waals surface area contributed by atoms with Crippen LogP contribution in [-0.4, -0.2) is 22.8 Å². The fourth-order valence-corrected chi connectivity index (χ4v) is 3.03. The maximum atomic E-state index is 13.2. The van der Waals surface area contributed by atoms with E-state index in [0.717, 1.165) is 0 Å². The van der Waals surface area contributed by atoms with Crippen molar-refractivity contribution in [3.8, 4) is 11.4 Å². The minimum Gasteiger partial charge on any atom is -0.497 e. The van der Waals surface area contributed by atoms with E-state index in [1.807, 2.05) is 20.8 Å². The smallest absolute Gasteiger partial charge is 0.416 e. The number of nitrogens with one attached hydrogen (secondary N) is 1. The Bertz CT molecular complexity index is 1160. The second-order valence-electron chi connectivity index (χ2n) is 8.52. The largest absolute Gasteiger partial charge is 0.497 e. The van der Waals surface area contributed by atoms with Crippen molar-refractivity contribution in [2.75, 3.05) is 12.4 Å². The summed E-state index contributed by atoms with van der Waals surface area (Å²) in [6.07, 6.45) is -10.1. The summed E-state index contributed by atoms with van der Waals surface area (Å²) in [7, 11) is 1.48. The van der Waals surface area contributed by atoms with Crippen LogP contribution in [0.15, 0.2) is 48.5 Å². The van der Waals surface area contributed by atoms with Crippen LogP contribution >= 0.6 is 0 Å². The Morgan fingerprint density at radius 3 is 1.85 bits per heavy atom. The lowest BCUT2D eigenvalue weighted by Crippen LogP contribution is -2.18. The second-order valence-corrected chi connectivity index (χ2v) is 8.52. The van der Waals surface area contributed by atoms with Gasteiger partial charge in [-0.05, 0) is 42.5 Å². The average Bonchev–Trinajstić information content (AvgIpc) is 3.16. The summed E-state index contributed by atoms with van der Waals surface area (Å²) in [4.78, 5) is 12.8. The highest BCUT2D eigenvalue weighted by molar-refractivity contribution is 6.04. The number of anilines is 1. The van der Waals surface area contributed by atoms with Crippen LogP contribution in [0.2, 0.25) is 0 Å². The SMILES string of the molecule is COc1ccc(-n2nc(C(C)(C)C)cc2NC(=O)c2cc(C(F)(F)F)cc(C(F)(F)F)c2)cc1. The molecule has 0 aliphatic rings. The molecule has 0 saturated heterocycles. The van der Waals surface area contributed by atoms with Crippen LogP contribution in [0.4, 0.5) is 32.2 Å². The van der Waals surface area contributed by atoms with E-state index < -0.39 is 40.4 Å². The number of aromatic nitrogens is 2. The number of hydrogen-bond acceptors (Lipinski definition) is 3. The third-order valence-corrected chi connectivity index (χ3v) is 4.89. The summed E-state index contributed by atoms with van der Waals surface area (Å²) >= 11 is 0. The summed E-state index contributed by atoms with van der Waals surface area (Å²) in [6.45, 7) is 5.59. The molecule has 0 spiro atoms. The van der Waals surface area contributed by atoms with Crippen molar-refractivity contribution in [1.82, 2.24) is 9.78 Å². The first-order valence-corrected chi connectivity index (χ1v) is 9.95. The van der Waals surface area contributed by atoms with E-state index in [1.54, 1.807) is 24.3 Å². The monoisotopic (exact) mass is 485 g/mol. The topological polar surface area (TPSA) is 56.1 Å². The Morgan fingerprint density at radius 2 is 1.41 bits per heavy atom. The van der Waals surface area contributed by atoms with E-state index in [4.69, 9.17) is 4.74 Å². The molecule has 3 aromatic rings. The van der Waals surface area contributed by atoms with Crippen LogP contribution in [0.25, 0.3) is 5.69 Å². The van der Waals surface area contributed by atoms with Crippen molar-refractivity contribution in [3.05, 3.63) is 70.9 Å². The van der Waals surface area contributed by atoms with Crippen LogP contribution in [-0.2, 0) is 17.8 Å². The molecule has 2 aromatic carbocycles. The molecule has 1 N–H and O–H groups in total. The number of hydrogen-bond donors (Lipinski definition) is 1. The number of ether oxygens (including phenoxy) is 1.